The fourth-order valence-electron chi connectivity index (χ4n) is 3.11. The van der Waals surface area contributed by atoms with E-state index >= 15 is 0 Å². The Morgan fingerprint density at radius 2 is 2.00 bits per heavy atom. The van der Waals surface area contributed by atoms with Gasteiger partial charge in [0.25, 0.3) is 0 Å². The molecule has 23 heavy (non-hydrogen) atoms. The van der Waals surface area contributed by atoms with Crippen LogP contribution in [0, 0.1) is 11.3 Å². The van der Waals surface area contributed by atoms with Gasteiger partial charge in [-0.15, -0.1) is 0 Å². The Bertz CT molecular complexity index is 706. The molecule has 0 fully saturated rings. The molecule has 3 atom stereocenters. The summed E-state index contributed by atoms with van der Waals surface area (Å²) in [5, 5.41) is 22.4. The van der Waals surface area contributed by atoms with E-state index in [0.717, 1.165) is 5.56 Å². The second-order valence-electron chi connectivity index (χ2n) is 5.85. The van der Waals surface area contributed by atoms with Crippen LogP contribution in [0.15, 0.2) is 48.5 Å². The topological polar surface area (TPSA) is 65.3 Å². The minimum Gasteiger partial charge on any atom is -0.479 e. The molecule has 2 N–H and O–H groups in total. The van der Waals surface area contributed by atoms with Crippen LogP contribution in [0.3, 0.4) is 0 Å². The molecule has 118 valence electrons. The Balaban J connectivity index is 1.70. The lowest BCUT2D eigenvalue weighted by molar-refractivity contribution is 0.136. The van der Waals surface area contributed by atoms with Crippen molar-refractivity contribution in [3.63, 3.8) is 0 Å². The maximum Gasteiger partial charge on any atom is 0.174 e. The molecule has 4 nitrogen and oxygen atoms in total. The lowest BCUT2D eigenvalue weighted by Crippen LogP contribution is -2.30. The van der Waals surface area contributed by atoms with E-state index in [9.17, 15) is 5.11 Å². The molecule has 3 rings (SSSR count). The Hall–Kier alpha value is -2.35. The number of fused-ring (bicyclic) bond motifs is 1. The summed E-state index contributed by atoms with van der Waals surface area (Å²) in [4.78, 5) is 0. The summed E-state index contributed by atoms with van der Waals surface area (Å²) in [7, 11) is 0. The van der Waals surface area contributed by atoms with Crippen LogP contribution in [0.5, 0.6) is 5.75 Å². The van der Waals surface area contributed by atoms with Gasteiger partial charge in [0, 0.05) is 12.5 Å². The highest BCUT2D eigenvalue weighted by molar-refractivity contribution is 5.37. The monoisotopic (exact) mass is 308 g/mol. The molecule has 2 aromatic rings. The molecule has 3 unspecified atom stereocenters. The van der Waals surface area contributed by atoms with Gasteiger partial charge in [0.2, 0.25) is 0 Å². The molecule has 0 heterocycles. The third-order valence-corrected chi connectivity index (χ3v) is 4.32. The third-order valence-electron chi connectivity index (χ3n) is 4.32. The fourth-order valence-corrected chi connectivity index (χ4v) is 3.11. The minimum atomic E-state index is -0.395. The van der Waals surface area contributed by atoms with Crippen LogP contribution in [-0.2, 0) is 6.42 Å². The summed E-state index contributed by atoms with van der Waals surface area (Å²) in [6, 6.07) is 17.9. The summed E-state index contributed by atoms with van der Waals surface area (Å²) in [6.07, 6.45) is 0.301. The summed E-state index contributed by atoms with van der Waals surface area (Å²) in [6.45, 7) is 2.14. The average molecular weight is 308 g/mol. The molecule has 1 aliphatic rings. The summed E-state index contributed by atoms with van der Waals surface area (Å²) in [5.74, 6) is 0.689. The lowest BCUT2D eigenvalue weighted by Gasteiger charge is -2.23. The van der Waals surface area contributed by atoms with Gasteiger partial charge in [-0.3, -0.25) is 0 Å². The van der Waals surface area contributed by atoms with E-state index in [0.29, 0.717) is 12.2 Å². The Kier molecular flexibility index (Phi) is 4.61. The van der Waals surface area contributed by atoms with E-state index < -0.39 is 6.10 Å². The molecule has 1 aliphatic carbocycles. The van der Waals surface area contributed by atoms with Crippen molar-refractivity contribution in [3.8, 4) is 11.8 Å². The fraction of sp³-hybridized carbons (Fsp3) is 0.316. The maximum atomic E-state index is 10.3. The van der Waals surface area contributed by atoms with Crippen LogP contribution in [0.25, 0.3) is 0 Å². The molecule has 0 aliphatic heterocycles. The number of hydrogen-bond acceptors (Lipinski definition) is 4. The zero-order valence-corrected chi connectivity index (χ0v) is 13.1. The first kappa shape index (κ1) is 15.5. The van der Waals surface area contributed by atoms with Crippen molar-refractivity contribution in [1.82, 2.24) is 5.32 Å². The molecule has 0 amide bonds. The van der Waals surface area contributed by atoms with Gasteiger partial charge >= 0.3 is 0 Å². The van der Waals surface area contributed by atoms with E-state index in [-0.39, 0.29) is 18.7 Å². The van der Waals surface area contributed by atoms with Crippen molar-refractivity contribution >= 4 is 0 Å². The molecule has 0 aromatic heterocycles. The average Bonchev–Trinajstić information content (AvgIpc) is 2.89. The van der Waals surface area contributed by atoms with Gasteiger partial charge in [-0.1, -0.05) is 36.4 Å². The third kappa shape index (κ3) is 3.37. The maximum absolute atomic E-state index is 10.3. The molecule has 0 spiro atoms. The molecule has 0 saturated heterocycles. The van der Waals surface area contributed by atoms with Crippen LogP contribution in [0.1, 0.15) is 35.7 Å². The summed E-state index contributed by atoms with van der Waals surface area (Å²) < 4.78 is 5.27. The number of nitrogens with one attached hydrogen (secondary N) is 1. The zero-order chi connectivity index (χ0) is 16.2. The first-order valence-electron chi connectivity index (χ1n) is 7.80. The van der Waals surface area contributed by atoms with E-state index in [4.69, 9.17) is 10.00 Å². The van der Waals surface area contributed by atoms with E-state index in [2.05, 4.69) is 24.4 Å². The van der Waals surface area contributed by atoms with Gasteiger partial charge in [0.1, 0.15) is 11.8 Å². The largest absolute Gasteiger partial charge is 0.479 e. The number of benzene rings is 2. The van der Waals surface area contributed by atoms with Gasteiger partial charge in [0.05, 0.1) is 12.1 Å². The standard InChI is InChI=1S/C19H20N2O2/c1-13(14-6-8-16(9-7-14)23-11-10-20)21-19-17-5-3-2-4-15(17)12-18(19)22/h2-9,13,18-19,21-22H,11-12H2,1H3. The number of rotatable bonds is 5. The van der Waals surface area contributed by atoms with Crippen molar-refractivity contribution in [3.05, 3.63) is 65.2 Å². The van der Waals surface area contributed by atoms with Crippen molar-refractivity contribution in [2.75, 3.05) is 6.61 Å². The molecule has 0 saturated carbocycles. The number of aliphatic hydroxyl groups excluding tert-OH is 1. The smallest absolute Gasteiger partial charge is 0.174 e. The lowest BCUT2D eigenvalue weighted by atomic mass is 10.0. The van der Waals surface area contributed by atoms with E-state index in [1.54, 1.807) is 0 Å². The minimum absolute atomic E-state index is 0.0456. The predicted octanol–water partition coefficient (Wildman–Crippen LogP) is 2.90. The van der Waals surface area contributed by atoms with Crippen molar-refractivity contribution in [1.29, 1.82) is 5.26 Å². The molecule has 2 aromatic carbocycles. The van der Waals surface area contributed by atoms with E-state index in [1.165, 1.54) is 11.1 Å². The number of nitrogens with zero attached hydrogens (tertiary/aromatic N) is 1. The number of ether oxygens (including phenoxy) is 1. The number of aliphatic hydroxyl groups is 1. The van der Waals surface area contributed by atoms with Gasteiger partial charge in [-0.25, -0.2) is 0 Å². The molecular weight excluding hydrogens is 288 g/mol. The van der Waals surface area contributed by atoms with Gasteiger partial charge in [0.15, 0.2) is 6.61 Å². The highest BCUT2D eigenvalue weighted by Gasteiger charge is 2.31. The molecule has 4 heteroatoms. The first-order valence-corrected chi connectivity index (χ1v) is 7.80. The molecule has 0 radical (unpaired) electrons. The Labute approximate surface area is 136 Å². The highest BCUT2D eigenvalue weighted by atomic mass is 16.5. The van der Waals surface area contributed by atoms with Gasteiger partial charge in [-0.05, 0) is 35.7 Å². The molecular formula is C19H20N2O2. The second-order valence-corrected chi connectivity index (χ2v) is 5.85. The van der Waals surface area contributed by atoms with Gasteiger partial charge < -0.3 is 15.2 Å². The van der Waals surface area contributed by atoms with Crippen LogP contribution in [-0.4, -0.2) is 17.8 Å². The highest BCUT2D eigenvalue weighted by Crippen LogP contribution is 2.33. The van der Waals surface area contributed by atoms with E-state index in [1.807, 2.05) is 42.5 Å². The predicted molar refractivity (Wildman–Crippen MR) is 88.0 cm³/mol. The normalized spacial score (nSPS) is 20.6. The zero-order valence-electron chi connectivity index (χ0n) is 13.1. The Morgan fingerprint density at radius 3 is 2.74 bits per heavy atom. The second kappa shape index (κ2) is 6.82. The van der Waals surface area contributed by atoms with Crippen LogP contribution in [0.2, 0.25) is 0 Å². The first-order chi connectivity index (χ1) is 11.2. The summed E-state index contributed by atoms with van der Waals surface area (Å²) in [5.41, 5.74) is 3.51. The summed E-state index contributed by atoms with van der Waals surface area (Å²) >= 11 is 0. The molecule has 0 bridgehead atoms. The SMILES string of the molecule is CC(NC1c2ccccc2CC1O)c1ccc(OCC#N)cc1. The quantitative estimate of drug-likeness (QED) is 0.891. The number of nitriles is 1. The van der Waals surface area contributed by atoms with Crippen LogP contribution >= 0.6 is 0 Å². The Morgan fingerprint density at radius 1 is 1.26 bits per heavy atom. The van der Waals surface area contributed by atoms with Crippen molar-refractivity contribution in [2.24, 2.45) is 0 Å². The van der Waals surface area contributed by atoms with Crippen molar-refractivity contribution in [2.45, 2.75) is 31.5 Å². The number of hydrogen-bond donors (Lipinski definition) is 2. The van der Waals surface area contributed by atoms with Crippen LogP contribution < -0.4 is 10.1 Å². The van der Waals surface area contributed by atoms with Gasteiger partial charge in [-0.2, -0.15) is 5.26 Å². The van der Waals surface area contributed by atoms with Crippen LogP contribution in [0.4, 0.5) is 0 Å². The van der Waals surface area contributed by atoms with Crippen molar-refractivity contribution < 1.29 is 9.84 Å².